The molecule has 7 rings (SSSR count). The first-order valence-electron chi connectivity index (χ1n) is 24.3. The highest BCUT2D eigenvalue weighted by Crippen LogP contribution is 2.54. The molecule has 0 saturated carbocycles. The summed E-state index contributed by atoms with van der Waals surface area (Å²) in [6.45, 7) is 11.6. The quantitative estimate of drug-likeness (QED) is 0.0270. The summed E-state index contributed by atoms with van der Waals surface area (Å²) in [5.41, 5.74) is 1.11. The highest BCUT2D eigenvalue weighted by molar-refractivity contribution is 7.44. The van der Waals surface area contributed by atoms with Gasteiger partial charge in [-0.2, -0.15) is 4.98 Å². The predicted octanol–water partition coefficient (Wildman–Crippen LogP) is 9.12. The number of carbonyl (C=O) groups is 2. The Labute approximate surface area is 428 Å². The van der Waals surface area contributed by atoms with Gasteiger partial charge >= 0.3 is 5.69 Å². The zero-order chi connectivity index (χ0) is 52.3. The van der Waals surface area contributed by atoms with Gasteiger partial charge in [0.25, 0.3) is 20.3 Å². The van der Waals surface area contributed by atoms with E-state index in [2.05, 4.69) is 10.3 Å². The van der Waals surface area contributed by atoms with Crippen molar-refractivity contribution in [2.24, 2.45) is 0 Å². The summed E-state index contributed by atoms with van der Waals surface area (Å²) >= 11 is 0. The normalized spacial score (nSPS) is 17.2. The molecule has 2 N–H and O–H groups in total. The molecule has 6 aromatic rings. The maximum absolute atomic E-state index is 14.3. The molecule has 1 aromatic heterocycles. The number of nitrogens with one attached hydrogen (secondary N) is 1. The molecule has 1 saturated heterocycles. The van der Waals surface area contributed by atoms with Crippen molar-refractivity contribution in [1.29, 1.82) is 0 Å². The molecule has 16 nitrogen and oxygen atoms in total. The second-order valence-electron chi connectivity index (χ2n) is 18.3. The van der Waals surface area contributed by atoms with E-state index in [-0.39, 0.29) is 61.9 Å². The Morgan fingerprint density at radius 2 is 1.26 bits per heavy atom. The Balaban J connectivity index is 1.27. The van der Waals surface area contributed by atoms with Crippen molar-refractivity contribution in [1.82, 2.24) is 19.5 Å². The molecule has 1 fully saturated rings. The number of amides is 2. The molecule has 386 valence electrons. The Hall–Kier alpha value is -6.49. The van der Waals surface area contributed by atoms with Crippen LogP contribution in [0.5, 0.6) is 17.2 Å². The molecule has 4 atom stereocenters. The standard InChI is InChI=1S/C56H66N5O11P/c1-38(2)60(53(63)42-16-12-10-13-17-42)50-32-34-59(54(64)58-50)51-36-55(65,72-73(61(39(3)4)40(5)6)70-35-33-57-52(62)41-20-26-46(66-7)27-21-41)49(71-51)37-69-56(43-18-14-11-15-19-43,44-22-28-47(67-8)29-23-44)45-24-30-48(68-9)31-25-45/h10-32,34,38-40,49,51,65H,33,35-37H2,1-9H3,(H,57,62)/t49-,51-,55+,73?/m1/s1. The van der Waals surface area contributed by atoms with Crippen LogP contribution in [0.4, 0.5) is 5.82 Å². The number of nitrogens with zero attached hydrogens (tertiary/aromatic N) is 4. The summed E-state index contributed by atoms with van der Waals surface area (Å²) in [4.78, 5) is 47.1. The Morgan fingerprint density at radius 3 is 1.77 bits per heavy atom. The van der Waals surface area contributed by atoms with Gasteiger partial charge in [-0.05, 0) is 125 Å². The summed E-state index contributed by atoms with van der Waals surface area (Å²) in [5, 5.41) is 16.1. The van der Waals surface area contributed by atoms with E-state index in [1.807, 2.05) is 131 Å². The van der Waals surface area contributed by atoms with Gasteiger partial charge in [-0.1, -0.05) is 72.8 Å². The number of benzene rings is 5. The number of rotatable bonds is 23. The number of hydrogen-bond acceptors (Lipinski definition) is 13. The number of carbonyl (C=O) groups excluding carboxylic acids is 2. The SMILES string of the molecule is COc1ccc(C(=O)NCCOP(O[C@@]2(O)C[C@H](n3ccc(N(C(=O)c4ccccc4)C(C)C)nc3=O)O[C@@H]2COC(c2ccccc2)(c2ccc(OC)cc2)c2ccc(OC)cc2)N(C(C)C)C(C)C)cc1. The Morgan fingerprint density at radius 1 is 0.740 bits per heavy atom. The van der Waals surface area contributed by atoms with Gasteiger partial charge in [0, 0.05) is 42.0 Å². The maximum atomic E-state index is 14.3. The van der Waals surface area contributed by atoms with Crippen molar-refractivity contribution < 1.29 is 47.4 Å². The second-order valence-corrected chi connectivity index (χ2v) is 19.6. The molecule has 0 spiro atoms. The minimum absolute atomic E-state index is 0.0238. The molecule has 0 radical (unpaired) electrons. The highest BCUT2D eigenvalue weighted by atomic mass is 31.2. The van der Waals surface area contributed by atoms with E-state index in [4.69, 9.17) is 32.7 Å². The van der Waals surface area contributed by atoms with Crippen LogP contribution in [0.25, 0.3) is 0 Å². The van der Waals surface area contributed by atoms with Gasteiger partial charge in [0.05, 0.1) is 41.0 Å². The molecule has 2 amide bonds. The zero-order valence-corrected chi connectivity index (χ0v) is 43.7. The minimum Gasteiger partial charge on any atom is -0.497 e. The van der Waals surface area contributed by atoms with Crippen LogP contribution >= 0.6 is 8.53 Å². The lowest BCUT2D eigenvalue weighted by atomic mass is 9.80. The van der Waals surface area contributed by atoms with Crippen LogP contribution in [-0.2, 0) is 24.1 Å². The molecular weight excluding hydrogens is 950 g/mol. The minimum atomic E-state index is -2.17. The van der Waals surface area contributed by atoms with Crippen LogP contribution in [0.15, 0.2) is 151 Å². The number of ether oxygens (including phenoxy) is 5. The average molecular weight is 1020 g/mol. The van der Waals surface area contributed by atoms with Crippen LogP contribution in [0.3, 0.4) is 0 Å². The van der Waals surface area contributed by atoms with Crippen LogP contribution < -0.4 is 30.1 Å². The summed E-state index contributed by atoms with van der Waals surface area (Å²) in [5.74, 6) is -0.718. The van der Waals surface area contributed by atoms with E-state index in [9.17, 15) is 19.5 Å². The monoisotopic (exact) mass is 1020 g/mol. The van der Waals surface area contributed by atoms with Crippen molar-refractivity contribution in [3.8, 4) is 17.2 Å². The highest BCUT2D eigenvalue weighted by Gasteiger charge is 2.54. The summed E-state index contributed by atoms with van der Waals surface area (Å²) in [7, 11) is 2.66. The van der Waals surface area contributed by atoms with Gasteiger partial charge in [-0.15, -0.1) is 0 Å². The molecule has 0 aliphatic carbocycles. The number of aliphatic hydroxyl groups is 1. The number of anilines is 1. The fourth-order valence-electron chi connectivity index (χ4n) is 8.89. The van der Waals surface area contributed by atoms with Crippen molar-refractivity contribution in [2.45, 2.75) is 89.8 Å². The lowest BCUT2D eigenvalue weighted by Gasteiger charge is -2.41. The molecule has 1 aliphatic heterocycles. The van der Waals surface area contributed by atoms with Gasteiger partial charge < -0.3 is 38.6 Å². The lowest BCUT2D eigenvalue weighted by molar-refractivity contribution is -0.201. The second kappa shape index (κ2) is 24.5. The van der Waals surface area contributed by atoms with Crippen molar-refractivity contribution >= 4 is 26.2 Å². The summed E-state index contributed by atoms with van der Waals surface area (Å²) in [6.07, 6.45) is -1.15. The van der Waals surface area contributed by atoms with E-state index in [1.165, 1.54) is 15.7 Å². The van der Waals surface area contributed by atoms with Gasteiger partial charge in [-0.25, -0.2) is 9.46 Å². The molecular formula is C56H66N5O11P. The van der Waals surface area contributed by atoms with Crippen molar-refractivity contribution in [3.05, 3.63) is 184 Å². The van der Waals surface area contributed by atoms with Crippen LogP contribution in [0, 0.1) is 0 Å². The van der Waals surface area contributed by atoms with Gasteiger partial charge in [0.1, 0.15) is 41.0 Å². The van der Waals surface area contributed by atoms with E-state index < -0.39 is 37.9 Å². The lowest BCUT2D eigenvalue weighted by Crippen LogP contribution is -2.47. The van der Waals surface area contributed by atoms with Crippen LogP contribution in [0.2, 0.25) is 0 Å². The summed E-state index contributed by atoms with van der Waals surface area (Å²) in [6, 6.07) is 41.4. The first-order chi connectivity index (χ1) is 35.1. The van der Waals surface area contributed by atoms with Crippen LogP contribution in [0.1, 0.15) is 91.6 Å². The Kier molecular flexibility index (Phi) is 18.2. The number of aromatic nitrogens is 2. The van der Waals surface area contributed by atoms with E-state index in [0.29, 0.717) is 28.4 Å². The van der Waals surface area contributed by atoms with Gasteiger partial charge in [-0.3, -0.25) is 23.6 Å². The van der Waals surface area contributed by atoms with Gasteiger partial charge in [0.2, 0.25) is 5.79 Å². The van der Waals surface area contributed by atoms with E-state index in [1.54, 1.807) is 75.9 Å². The van der Waals surface area contributed by atoms with Gasteiger partial charge in [0.15, 0.2) is 0 Å². The number of hydrogen-bond donors (Lipinski definition) is 2. The topological polar surface area (TPSA) is 172 Å². The largest absolute Gasteiger partial charge is 0.497 e. The third-order valence-corrected chi connectivity index (χ3v) is 14.6. The third-order valence-electron chi connectivity index (χ3n) is 12.5. The zero-order valence-electron chi connectivity index (χ0n) is 42.8. The molecule has 1 aliphatic rings. The van der Waals surface area contributed by atoms with Crippen LogP contribution in [-0.4, -0.2) is 102 Å². The smallest absolute Gasteiger partial charge is 0.351 e. The molecule has 2 heterocycles. The molecule has 5 aromatic carbocycles. The van der Waals surface area contributed by atoms with E-state index in [0.717, 1.165) is 16.7 Å². The first-order valence-corrected chi connectivity index (χ1v) is 25.4. The van der Waals surface area contributed by atoms with Crippen molar-refractivity contribution in [2.75, 3.05) is 46.0 Å². The number of methoxy groups -OCH3 is 3. The molecule has 73 heavy (non-hydrogen) atoms. The fraction of sp³-hybridized carbons (Fsp3) is 0.357. The molecule has 17 heteroatoms. The predicted molar refractivity (Wildman–Crippen MR) is 280 cm³/mol. The summed E-state index contributed by atoms with van der Waals surface area (Å²) < 4.78 is 47.2. The third kappa shape index (κ3) is 12.5. The first kappa shape index (κ1) is 54.3. The molecule has 0 bridgehead atoms. The molecule has 1 unspecified atom stereocenters. The van der Waals surface area contributed by atoms with Crippen molar-refractivity contribution in [3.63, 3.8) is 0 Å². The van der Waals surface area contributed by atoms with E-state index >= 15 is 0 Å². The Bertz CT molecular complexity index is 2730. The fourth-order valence-corrected chi connectivity index (χ4v) is 10.6. The maximum Gasteiger partial charge on any atom is 0.351 e. The average Bonchev–Trinajstić information content (AvgIpc) is 3.72.